The molecule has 0 fully saturated rings. The van der Waals surface area contributed by atoms with E-state index in [2.05, 4.69) is 35.6 Å². The predicted molar refractivity (Wildman–Crippen MR) is 127 cm³/mol. The summed E-state index contributed by atoms with van der Waals surface area (Å²) < 4.78 is 5.73. The summed E-state index contributed by atoms with van der Waals surface area (Å²) in [5.41, 5.74) is 8.14. The van der Waals surface area contributed by atoms with E-state index in [4.69, 9.17) is 33.7 Å². The molecule has 2 aromatic carbocycles. The Bertz CT molecular complexity index is 705. The van der Waals surface area contributed by atoms with Gasteiger partial charge in [0.25, 0.3) is 0 Å². The van der Waals surface area contributed by atoms with Gasteiger partial charge in [0.2, 0.25) is 0 Å². The molecule has 1 unspecified atom stereocenters. The van der Waals surface area contributed by atoms with E-state index in [1.807, 2.05) is 0 Å². The molecule has 0 aliphatic heterocycles. The number of unbranched alkanes of at least 4 members (excludes halogenated alkanes) is 4. The molecular formula is C24H34Cl2N2O2. The van der Waals surface area contributed by atoms with Gasteiger partial charge in [-0.05, 0) is 61.9 Å². The molecule has 30 heavy (non-hydrogen) atoms. The molecule has 2 rings (SSSR count). The van der Waals surface area contributed by atoms with Crippen LogP contribution in [0.2, 0.25) is 10.0 Å². The molecule has 166 valence electrons. The van der Waals surface area contributed by atoms with Crippen LogP contribution in [0.25, 0.3) is 0 Å². The minimum Gasteiger partial charge on any atom is -0.396 e. The van der Waals surface area contributed by atoms with E-state index in [0.29, 0.717) is 27.8 Å². The van der Waals surface area contributed by atoms with Crippen molar-refractivity contribution in [2.75, 3.05) is 32.0 Å². The lowest BCUT2D eigenvalue weighted by molar-refractivity contribution is 0.126. The van der Waals surface area contributed by atoms with Crippen LogP contribution in [0.4, 0.5) is 5.69 Å². The topological polar surface area (TPSA) is 67.5 Å². The standard InChI is InChI=1S/C24H34Cl2N2O2/c25-21-16-20(17-22(26)24(21)27)23(29)18-28-13-7-1-2-8-14-30-15-9-6-12-19-10-4-3-5-11-19/h3-5,10-11,16-17,23,28-29H,1-2,6-9,12-15,18,27H2. The summed E-state index contributed by atoms with van der Waals surface area (Å²) in [6.45, 7) is 3.03. The average molecular weight is 453 g/mol. The summed E-state index contributed by atoms with van der Waals surface area (Å²) in [6.07, 6.45) is 7.26. The van der Waals surface area contributed by atoms with Gasteiger partial charge in [-0.15, -0.1) is 0 Å². The first kappa shape index (κ1) is 25.0. The Morgan fingerprint density at radius 2 is 1.53 bits per heavy atom. The lowest BCUT2D eigenvalue weighted by Gasteiger charge is -2.14. The van der Waals surface area contributed by atoms with E-state index < -0.39 is 6.10 Å². The SMILES string of the molecule is Nc1c(Cl)cc(C(O)CNCCCCCCOCCCCc2ccccc2)cc1Cl. The highest BCUT2D eigenvalue weighted by atomic mass is 35.5. The third-order valence-corrected chi connectivity index (χ3v) is 5.69. The molecule has 0 saturated heterocycles. The Balaban J connectivity index is 1.39. The maximum atomic E-state index is 10.2. The van der Waals surface area contributed by atoms with Crippen molar-refractivity contribution in [3.8, 4) is 0 Å². The van der Waals surface area contributed by atoms with Gasteiger partial charge in [-0.3, -0.25) is 0 Å². The van der Waals surface area contributed by atoms with Crippen LogP contribution in [0.5, 0.6) is 0 Å². The maximum Gasteiger partial charge on any atom is 0.0915 e. The van der Waals surface area contributed by atoms with E-state index in [1.54, 1.807) is 12.1 Å². The van der Waals surface area contributed by atoms with Crippen LogP contribution in [0, 0.1) is 0 Å². The summed E-state index contributed by atoms with van der Waals surface area (Å²) in [5.74, 6) is 0. The van der Waals surface area contributed by atoms with E-state index in [9.17, 15) is 5.11 Å². The first-order chi connectivity index (χ1) is 14.6. The second kappa shape index (κ2) is 14.7. The van der Waals surface area contributed by atoms with Gasteiger partial charge in [0.15, 0.2) is 0 Å². The summed E-state index contributed by atoms with van der Waals surface area (Å²) in [4.78, 5) is 0. The molecule has 0 saturated carbocycles. The number of halogens is 2. The van der Waals surface area contributed by atoms with Gasteiger partial charge in [-0.1, -0.05) is 66.4 Å². The molecule has 0 aliphatic carbocycles. The summed E-state index contributed by atoms with van der Waals surface area (Å²) >= 11 is 12.0. The highest BCUT2D eigenvalue weighted by Gasteiger charge is 2.11. The second-order valence-corrected chi connectivity index (χ2v) is 8.40. The van der Waals surface area contributed by atoms with Crippen LogP contribution in [0.1, 0.15) is 55.8 Å². The number of hydrogen-bond donors (Lipinski definition) is 3. The molecule has 4 nitrogen and oxygen atoms in total. The quantitative estimate of drug-likeness (QED) is 0.236. The highest BCUT2D eigenvalue weighted by Crippen LogP contribution is 2.31. The molecule has 0 spiro atoms. The fraction of sp³-hybridized carbons (Fsp3) is 0.500. The fourth-order valence-corrected chi connectivity index (χ4v) is 3.74. The number of aliphatic hydroxyl groups is 1. The molecule has 0 aliphatic rings. The zero-order valence-electron chi connectivity index (χ0n) is 17.6. The second-order valence-electron chi connectivity index (χ2n) is 7.59. The molecule has 0 radical (unpaired) electrons. The number of aliphatic hydroxyl groups excluding tert-OH is 1. The van der Waals surface area contributed by atoms with Crippen molar-refractivity contribution in [1.29, 1.82) is 0 Å². The number of nitrogens with one attached hydrogen (secondary N) is 1. The first-order valence-corrected chi connectivity index (χ1v) is 11.6. The van der Waals surface area contributed by atoms with Gasteiger partial charge in [-0.25, -0.2) is 0 Å². The third kappa shape index (κ3) is 9.67. The molecule has 0 bridgehead atoms. The van der Waals surface area contributed by atoms with Crippen molar-refractivity contribution >= 4 is 28.9 Å². The Morgan fingerprint density at radius 3 is 2.23 bits per heavy atom. The van der Waals surface area contributed by atoms with Crippen molar-refractivity contribution in [1.82, 2.24) is 5.32 Å². The smallest absolute Gasteiger partial charge is 0.0915 e. The van der Waals surface area contributed by atoms with Crippen molar-refractivity contribution in [2.45, 2.75) is 51.0 Å². The number of hydrogen-bond acceptors (Lipinski definition) is 4. The van der Waals surface area contributed by atoms with Gasteiger partial charge in [0, 0.05) is 19.8 Å². The lowest BCUT2D eigenvalue weighted by atomic mass is 10.1. The van der Waals surface area contributed by atoms with Gasteiger partial charge in [0.1, 0.15) is 0 Å². The van der Waals surface area contributed by atoms with Crippen molar-refractivity contribution in [3.05, 3.63) is 63.6 Å². The van der Waals surface area contributed by atoms with Crippen molar-refractivity contribution < 1.29 is 9.84 Å². The maximum absolute atomic E-state index is 10.2. The zero-order valence-corrected chi connectivity index (χ0v) is 19.1. The van der Waals surface area contributed by atoms with Gasteiger partial charge < -0.3 is 20.9 Å². The number of anilines is 1. The Labute approximate surface area is 190 Å². The molecule has 2 aromatic rings. The number of nitrogen functional groups attached to an aromatic ring is 1. The normalized spacial score (nSPS) is 12.2. The van der Waals surface area contributed by atoms with Crippen LogP contribution >= 0.6 is 23.2 Å². The number of rotatable bonds is 15. The number of benzene rings is 2. The zero-order chi connectivity index (χ0) is 21.6. The van der Waals surface area contributed by atoms with Crippen LogP contribution in [0.15, 0.2) is 42.5 Å². The largest absolute Gasteiger partial charge is 0.396 e. The molecule has 4 N–H and O–H groups in total. The summed E-state index contributed by atoms with van der Waals surface area (Å²) in [7, 11) is 0. The van der Waals surface area contributed by atoms with Crippen LogP contribution < -0.4 is 11.1 Å². The van der Waals surface area contributed by atoms with E-state index in [1.165, 1.54) is 12.0 Å². The molecule has 0 amide bonds. The monoisotopic (exact) mass is 452 g/mol. The first-order valence-electron chi connectivity index (χ1n) is 10.8. The number of nitrogens with two attached hydrogens (primary N) is 1. The predicted octanol–water partition coefficient (Wildman–Crippen LogP) is 5.80. The Morgan fingerprint density at radius 1 is 0.900 bits per heavy atom. The summed E-state index contributed by atoms with van der Waals surface area (Å²) in [5, 5.41) is 14.3. The third-order valence-electron chi connectivity index (χ3n) is 5.06. The lowest BCUT2D eigenvalue weighted by Crippen LogP contribution is -2.22. The number of aryl methyl sites for hydroxylation is 1. The Hall–Kier alpha value is -1.30. The van der Waals surface area contributed by atoms with Crippen LogP contribution in [0.3, 0.4) is 0 Å². The average Bonchev–Trinajstić information content (AvgIpc) is 2.75. The number of ether oxygens (including phenoxy) is 1. The molecular weight excluding hydrogens is 419 g/mol. The Kier molecular flexibility index (Phi) is 12.2. The van der Waals surface area contributed by atoms with Gasteiger partial charge in [0.05, 0.1) is 21.8 Å². The molecule has 1 atom stereocenters. The van der Waals surface area contributed by atoms with E-state index in [-0.39, 0.29) is 0 Å². The minimum atomic E-state index is -0.657. The minimum absolute atomic E-state index is 0.346. The molecule has 0 heterocycles. The van der Waals surface area contributed by atoms with Crippen molar-refractivity contribution in [2.24, 2.45) is 0 Å². The summed E-state index contributed by atoms with van der Waals surface area (Å²) in [6, 6.07) is 13.9. The van der Waals surface area contributed by atoms with E-state index in [0.717, 1.165) is 58.3 Å². The van der Waals surface area contributed by atoms with E-state index >= 15 is 0 Å². The molecule has 0 aromatic heterocycles. The van der Waals surface area contributed by atoms with Gasteiger partial charge >= 0.3 is 0 Å². The fourth-order valence-electron chi connectivity index (χ4n) is 3.24. The molecule has 6 heteroatoms. The highest BCUT2D eigenvalue weighted by molar-refractivity contribution is 6.38. The van der Waals surface area contributed by atoms with Crippen LogP contribution in [-0.4, -0.2) is 31.4 Å². The van der Waals surface area contributed by atoms with Crippen LogP contribution in [-0.2, 0) is 11.2 Å². The van der Waals surface area contributed by atoms with Crippen molar-refractivity contribution in [3.63, 3.8) is 0 Å². The van der Waals surface area contributed by atoms with Gasteiger partial charge in [-0.2, -0.15) is 0 Å².